The number of benzene rings is 1. The van der Waals surface area contributed by atoms with Crippen LogP contribution >= 0.6 is 0 Å². The number of unbranched alkanes of at least 4 members (excludes halogenated alkanes) is 3. The van der Waals surface area contributed by atoms with Crippen LogP contribution in [0.2, 0.25) is 0 Å². The second kappa shape index (κ2) is 8.05. The average Bonchev–Trinajstić information content (AvgIpc) is 2.34. The molecule has 1 aromatic rings. The van der Waals surface area contributed by atoms with Crippen LogP contribution in [0.15, 0.2) is 30.3 Å². The van der Waals surface area contributed by atoms with Gasteiger partial charge in [0, 0.05) is 12.0 Å². The van der Waals surface area contributed by atoms with Gasteiger partial charge in [0.25, 0.3) is 0 Å². The van der Waals surface area contributed by atoms with E-state index in [1.165, 1.54) is 25.7 Å². The standard InChI is InChI=1S/C16H24O/c1-14(2)10-6-3-4-9-13-16(17)15-11-7-5-8-12-15/h5,7-8,11-12,14H,3-4,6,9-10,13H2,1-2H3. The summed E-state index contributed by atoms with van der Waals surface area (Å²) in [5.74, 6) is 1.09. The van der Waals surface area contributed by atoms with Gasteiger partial charge in [-0.05, 0) is 12.3 Å². The molecule has 0 aliphatic heterocycles. The van der Waals surface area contributed by atoms with Crippen molar-refractivity contribution in [2.75, 3.05) is 0 Å². The Labute approximate surface area is 105 Å². The van der Waals surface area contributed by atoms with Gasteiger partial charge in [-0.3, -0.25) is 4.79 Å². The van der Waals surface area contributed by atoms with Gasteiger partial charge in [-0.1, -0.05) is 69.9 Å². The van der Waals surface area contributed by atoms with Crippen molar-refractivity contribution in [1.29, 1.82) is 0 Å². The minimum absolute atomic E-state index is 0.287. The van der Waals surface area contributed by atoms with Gasteiger partial charge in [-0.15, -0.1) is 0 Å². The van der Waals surface area contributed by atoms with Gasteiger partial charge in [-0.2, -0.15) is 0 Å². The summed E-state index contributed by atoms with van der Waals surface area (Å²) in [6.45, 7) is 4.53. The number of hydrogen-bond donors (Lipinski definition) is 0. The molecule has 0 amide bonds. The van der Waals surface area contributed by atoms with E-state index in [9.17, 15) is 4.79 Å². The molecule has 17 heavy (non-hydrogen) atoms. The maximum absolute atomic E-state index is 11.8. The lowest BCUT2D eigenvalue weighted by atomic mass is 10.0. The molecule has 0 bridgehead atoms. The summed E-state index contributed by atoms with van der Waals surface area (Å²) in [6, 6.07) is 9.61. The van der Waals surface area contributed by atoms with Crippen LogP contribution in [0.25, 0.3) is 0 Å². The minimum atomic E-state index is 0.287. The maximum Gasteiger partial charge on any atom is 0.162 e. The normalized spacial score (nSPS) is 10.8. The van der Waals surface area contributed by atoms with Crippen LogP contribution in [0, 0.1) is 5.92 Å². The number of rotatable bonds is 8. The van der Waals surface area contributed by atoms with E-state index in [1.807, 2.05) is 30.3 Å². The molecule has 1 aromatic carbocycles. The van der Waals surface area contributed by atoms with E-state index < -0.39 is 0 Å². The van der Waals surface area contributed by atoms with Gasteiger partial charge >= 0.3 is 0 Å². The molecule has 0 saturated heterocycles. The van der Waals surface area contributed by atoms with Gasteiger partial charge in [0.05, 0.1) is 0 Å². The van der Waals surface area contributed by atoms with Crippen LogP contribution in [-0.4, -0.2) is 5.78 Å². The molecule has 0 heterocycles. The summed E-state index contributed by atoms with van der Waals surface area (Å²) < 4.78 is 0. The van der Waals surface area contributed by atoms with Crippen LogP contribution in [-0.2, 0) is 0 Å². The van der Waals surface area contributed by atoms with E-state index in [2.05, 4.69) is 13.8 Å². The number of ketones is 1. The lowest BCUT2D eigenvalue weighted by Gasteiger charge is -2.04. The van der Waals surface area contributed by atoms with Crippen molar-refractivity contribution in [2.45, 2.75) is 52.4 Å². The maximum atomic E-state index is 11.8. The first-order valence-corrected chi connectivity index (χ1v) is 6.78. The molecule has 1 heteroatoms. The van der Waals surface area contributed by atoms with Crippen molar-refractivity contribution < 1.29 is 4.79 Å². The van der Waals surface area contributed by atoms with Crippen LogP contribution in [0.4, 0.5) is 0 Å². The summed E-state index contributed by atoms with van der Waals surface area (Å²) >= 11 is 0. The third-order valence-electron chi connectivity index (χ3n) is 3.03. The number of hydrogen-bond acceptors (Lipinski definition) is 1. The molecule has 0 N–H and O–H groups in total. The first-order chi connectivity index (χ1) is 8.20. The van der Waals surface area contributed by atoms with Crippen LogP contribution in [0.1, 0.15) is 62.7 Å². The third kappa shape index (κ3) is 6.25. The molecule has 0 spiro atoms. The first kappa shape index (κ1) is 14.0. The molecule has 1 nitrogen and oxygen atoms in total. The second-order valence-electron chi connectivity index (χ2n) is 5.14. The topological polar surface area (TPSA) is 17.1 Å². The molecule has 0 fully saturated rings. The van der Waals surface area contributed by atoms with Crippen molar-refractivity contribution in [3.63, 3.8) is 0 Å². The monoisotopic (exact) mass is 232 g/mol. The van der Waals surface area contributed by atoms with E-state index in [-0.39, 0.29) is 5.78 Å². The molecular weight excluding hydrogens is 208 g/mol. The predicted molar refractivity (Wildman–Crippen MR) is 73.3 cm³/mol. The quantitative estimate of drug-likeness (QED) is 0.462. The van der Waals surface area contributed by atoms with Gasteiger partial charge in [-0.25, -0.2) is 0 Å². The van der Waals surface area contributed by atoms with Crippen LogP contribution < -0.4 is 0 Å². The van der Waals surface area contributed by atoms with Crippen LogP contribution in [0.5, 0.6) is 0 Å². The second-order valence-corrected chi connectivity index (χ2v) is 5.14. The van der Waals surface area contributed by atoms with E-state index in [4.69, 9.17) is 0 Å². The zero-order valence-electron chi connectivity index (χ0n) is 11.1. The number of carbonyl (C=O) groups is 1. The van der Waals surface area contributed by atoms with E-state index in [1.54, 1.807) is 0 Å². The predicted octanol–water partition coefficient (Wildman–Crippen LogP) is 4.87. The van der Waals surface area contributed by atoms with Crippen molar-refractivity contribution >= 4 is 5.78 Å². The Morgan fingerprint density at radius 2 is 1.65 bits per heavy atom. The lowest BCUT2D eigenvalue weighted by Crippen LogP contribution is -1.98. The molecule has 94 valence electrons. The fourth-order valence-corrected chi connectivity index (χ4v) is 1.96. The largest absolute Gasteiger partial charge is 0.294 e. The Kier molecular flexibility index (Phi) is 6.61. The van der Waals surface area contributed by atoms with Gasteiger partial charge in [0.1, 0.15) is 0 Å². The highest BCUT2D eigenvalue weighted by molar-refractivity contribution is 5.95. The van der Waals surface area contributed by atoms with Gasteiger partial charge in [0.2, 0.25) is 0 Å². The Morgan fingerprint density at radius 3 is 2.29 bits per heavy atom. The van der Waals surface area contributed by atoms with E-state index in [0.717, 1.165) is 17.9 Å². The third-order valence-corrected chi connectivity index (χ3v) is 3.03. The van der Waals surface area contributed by atoms with Crippen molar-refractivity contribution in [3.8, 4) is 0 Å². The lowest BCUT2D eigenvalue weighted by molar-refractivity contribution is 0.0979. The van der Waals surface area contributed by atoms with Crippen molar-refractivity contribution in [2.24, 2.45) is 5.92 Å². The Bertz CT molecular complexity index is 314. The summed E-state index contributed by atoms with van der Waals surface area (Å²) in [4.78, 5) is 11.8. The zero-order chi connectivity index (χ0) is 12.5. The summed E-state index contributed by atoms with van der Waals surface area (Å²) in [5.41, 5.74) is 0.856. The smallest absolute Gasteiger partial charge is 0.162 e. The molecule has 0 aliphatic carbocycles. The summed E-state index contributed by atoms with van der Waals surface area (Å²) in [6.07, 6.45) is 6.80. The van der Waals surface area contributed by atoms with E-state index in [0.29, 0.717) is 6.42 Å². The minimum Gasteiger partial charge on any atom is -0.294 e. The van der Waals surface area contributed by atoms with Crippen LogP contribution in [0.3, 0.4) is 0 Å². The molecule has 0 unspecified atom stereocenters. The number of carbonyl (C=O) groups excluding carboxylic acids is 1. The highest BCUT2D eigenvalue weighted by atomic mass is 16.1. The zero-order valence-corrected chi connectivity index (χ0v) is 11.1. The highest BCUT2D eigenvalue weighted by Crippen LogP contribution is 2.12. The van der Waals surface area contributed by atoms with Crippen molar-refractivity contribution in [3.05, 3.63) is 35.9 Å². The SMILES string of the molecule is CC(C)CCCCCCC(=O)c1ccccc1. The Morgan fingerprint density at radius 1 is 1.00 bits per heavy atom. The molecule has 0 aromatic heterocycles. The molecule has 0 aliphatic rings. The molecule has 0 atom stereocenters. The van der Waals surface area contributed by atoms with Gasteiger partial charge in [0.15, 0.2) is 5.78 Å². The molecule has 0 radical (unpaired) electrons. The van der Waals surface area contributed by atoms with Gasteiger partial charge < -0.3 is 0 Å². The summed E-state index contributed by atoms with van der Waals surface area (Å²) in [7, 11) is 0. The Hall–Kier alpha value is -1.11. The van der Waals surface area contributed by atoms with E-state index >= 15 is 0 Å². The fourth-order valence-electron chi connectivity index (χ4n) is 1.96. The first-order valence-electron chi connectivity index (χ1n) is 6.78. The average molecular weight is 232 g/mol. The molecular formula is C16H24O. The Balaban J connectivity index is 2.09. The highest BCUT2D eigenvalue weighted by Gasteiger charge is 2.04. The fraction of sp³-hybridized carbons (Fsp3) is 0.562. The number of Topliss-reactive ketones (excluding diaryl/α,β-unsaturated/α-hetero) is 1. The van der Waals surface area contributed by atoms with Crippen molar-refractivity contribution in [1.82, 2.24) is 0 Å². The summed E-state index contributed by atoms with van der Waals surface area (Å²) in [5, 5.41) is 0. The molecule has 1 rings (SSSR count). The molecule has 0 saturated carbocycles.